The molecule has 3 N–H and O–H groups in total. The van der Waals surface area contributed by atoms with Crippen molar-refractivity contribution in [3.05, 3.63) is 0 Å². The molecule has 0 amide bonds. The van der Waals surface area contributed by atoms with E-state index in [-0.39, 0.29) is 5.96 Å². The van der Waals surface area contributed by atoms with Crippen molar-refractivity contribution in [2.45, 2.75) is 0 Å². The van der Waals surface area contributed by atoms with Gasteiger partial charge in [0, 0.05) is 14.1 Å². The Balaban J connectivity index is 3.64. The van der Waals surface area contributed by atoms with Crippen LogP contribution in [0.25, 0.3) is 0 Å². The lowest BCUT2D eigenvalue weighted by molar-refractivity contribution is 0.755. The molecule has 46 valence electrons. The molecule has 0 aromatic carbocycles. The van der Waals surface area contributed by atoms with Crippen molar-refractivity contribution in [2.24, 2.45) is 10.7 Å². The van der Waals surface area contributed by atoms with E-state index in [1.54, 1.807) is 14.1 Å². The molecule has 0 saturated carbocycles. The second-order valence-corrected chi connectivity index (χ2v) is 1.37. The van der Waals surface area contributed by atoms with Crippen LogP contribution in [0.3, 0.4) is 0 Å². The molecule has 0 aliphatic heterocycles. The third kappa shape index (κ3) is 2.17. The van der Waals surface area contributed by atoms with Gasteiger partial charge in [-0.2, -0.15) is 0 Å². The first-order valence-electron chi connectivity index (χ1n) is 2.17. The Morgan fingerprint density at radius 3 is 2.50 bits per heavy atom. The third-order valence-corrected chi connectivity index (χ3v) is 0.669. The standard InChI is InChI=1S/C4H10N4/c1-7-3-8(2)4(5)6/h3H,1-2H3,(H3,5,6)/b7-3-. The van der Waals surface area contributed by atoms with Crippen LogP contribution >= 0.6 is 0 Å². The highest BCUT2D eigenvalue weighted by Crippen LogP contribution is 1.69. The average Bonchev–Trinajstić information content (AvgIpc) is 1.67. The van der Waals surface area contributed by atoms with Crippen LogP contribution < -0.4 is 5.73 Å². The van der Waals surface area contributed by atoms with Crippen molar-refractivity contribution in [3.8, 4) is 0 Å². The Labute approximate surface area is 48.5 Å². The Hall–Kier alpha value is -1.06. The molecular weight excluding hydrogens is 104 g/mol. The lowest BCUT2D eigenvalue weighted by atomic mass is 10.8. The Morgan fingerprint density at radius 1 is 1.88 bits per heavy atom. The van der Waals surface area contributed by atoms with Gasteiger partial charge >= 0.3 is 0 Å². The minimum Gasteiger partial charge on any atom is -0.370 e. The maximum absolute atomic E-state index is 6.82. The normalized spacial score (nSPS) is 9.75. The monoisotopic (exact) mass is 114 g/mol. The number of hydrogen-bond donors (Lipinski definition) is 2. The van der Waals surface area contributed by atoms with Gasteiger partial charge in [0.2, 0.25) is 0 Å². The molecule has 0 bridgehead atoms. The van der Waals surface area contributed by atoms with E-state index in [9.17, 15) is 0 Å². The number of nitrogens with zero attached hydrogens (tertiary/aromatic N) is 2. The molecule has 0 fully saturated rings. The van der Waals surface area contributed by atoms with E-state index in [1.165, 1.54) is 11.2 Å². The predicted molar refractivity (Wildman–Crippen MR) is 34.1 cm³/mol. The summed E-state index contributed by atoms with van der Waals surface area (Å²) in [4.78, 5) is 5.05. The van der Waals surface area contributed by atoms with Crippen LogP contribution in [0.5, 0.6) is 0 Å². The van der Waals surface area contributed by atoms with Gasteiger partial charge in [-0.3, -0.25) is 10.4 Å². The van der Waals surface area contributed by atoms with E-state index in [0.29, 0.717) is 0 Å². The molecule has 0 unspecified atom stereocenters. The summed E-state index contributed by atoms with van der Waals surface area (Å²) in [7, 11) is 3.29. The Bertz CT molecular complexity index is 107. The zero-order valence-corrected chi connectivity index (χ0v) is 5.05. The third-order valence-electron chi connectivity index (χ3n) is 0.669. The summed E-state index contributed by atoms with van der Waals surface area (Å²) >= 11 is 0. The van der Waals surface area contributed by atoms with Gasteiger partial charge in [0.05, 0.1) is 6.34 Å². The van der Waals surface area contributed by atoms with E-state index < -0.39 is 0 Å². The van der Waals surface area contributed by atoms with Crippen molar-refractivity contribution in [3.63, 3.8) is 0 Å². The molecule has 0 atom stereocenters. The minimum absolute atomic E-state index is 0.00407. The lowest BCUT2D eigenvalue weighted by Crippen LogP contribution is -2.31. The van der Waals surface area contributed by atoms with E-state index >= 15 is 0 Å². The van der Waals surface area contributed by atoms with Crippen molar-refractivity contribution in [1.82, 2.24) is 4.90 Å². The molecular formula is C4H10N4. The molecule has 0 spiro atoms. The summed E-state index contributed by atoms with van der Waals surface area (Å²) in [5.74, 6) is -0.00407. The van der Waals surface area contributed by atoms with Crippen molar-refractivity contribution in [2.75, 3.05) is 14.1 Å². The van der Waals surface area contributed by atoms with Gasteiger partial charge in [0.25, 0.3) is 0 Å². The Kier molecular flexibility index (Phi) is 2.61. The zero-order chi connectivity index (χ0) is 6.57. The fourth-order valence-electron chi connectivity index (χ4n) is 0.235. The summed E-state index contributed by atoms with van der Waals surface area (Å²) in [6.45, 7) is 0. The number of hydrogen-bond acceptors (Lipinski definition) is 2. The Morgan fingerprint density at radius 2 is 2.38 bits per heavy atom. The summed E-state index contributed by atoms with van der Waals surface area (Å²) < 4.78 is 0. The molecule has 0 heterocycles. The molecule has 0 aromatic rings. The minimum atomic E-state index is -0.00407. The van der Waals surface area contributed by atoms with Crippen molar-refractivity contribution >= 4 is 12.3 Å². The molecule has 0 aliphatic carbocycles. The predicted octanol–water partition coefficient (Wildman–Crippen LogP) is -0.530. The lowest BCUT2D eigenvalue weighted by Gasteiger charge is -2.07. The van der Waals surface area contributed by atoms with Crippen LogP contribution in [0.2, 0.25) is 0 Å². The SMILES string of the molecule is C/N=C\N(C)C(=N)N. The highest BCUT2D eigenvalue weighted by Gasteiger charge is 1.89. The maximum atomic E-state index is 6.82. The summed E-state index contributed by atoms with van der Waals surface area (Å²) in [5, 5.41) is 6.82. The van der Waals surface area contributed by atoms with Gasteiger partial charge in [-0.25, -0.2) is 0 Å². The van der Waals surface area contributed by atoms with E-state index in [4.69, 9.17) is 11.1 Å². The fourth-order valence-corrected chi connectivity index (χ4v) is 0.235. The topological polar surface area (TPSA) is 65.5 Å². The number of nitrogens with two attached hydrogens (primary N) is 1. The first-order valence-corrected chi connectivity index (χ1v) is 2.17. The molecule has 0 saturated heterocycles. The second-order valence-electron chi connectivity index (χ2n) is 1.37. The molecule has 4 nitrogen and oxygen atoms in total. The molecule has 0 rings (SSSR count). The molecule has 0 aliphatic rings. The van der Waals surface area contributed by atoms with Crippen LogP contribution in [0.4, 0.5) is 0 Å². The first kappa shape index (κ1) is 6.94. The zero-order valence-electron chi connectivity index (χ0n) is 5.05. The van der Waals surface area contributed by atoms with Crippen molar-refractivity contribution in [1.29, 1.82) is 5.41 Å². The van der Waals surface area contributed by atoms with Crippen LogP contribution in [-0.4, -0.2) is 31.3 Å². The molecule has 0 aromatic heterocycles. The van der Waals surface area contributed by atoms with Gasteiger partial charge in [-0.15, -0.1) is 0 Å². The van der Waals surface area contributed by atoms with Gasteiger partial charge in [0.1, 0.15) is 0 Å². The fraction of sp³-hybridized carbons (Fsp3) is 0.500. The van der Waals surface area contributed by atoms with Gasteiger partial charge in [0.15, 0.2) is 5.96 Å². The highest BCUT2D eigenvalue weighted by atomic mass is 15.2. The number of guanidine groups is 1. The van der Waals surface area contributed by atoms with E-state index in [1.807, 2.05) is 0 Å². The summed E-state index contributed by atoms with van der Waals surface area (Å²) in [6, 6.07) is 0. The highest BCUT2D eigenvalue weighted by molar-refractivity contribution is 5.86. The van der Waals surface area contributed by atoms with Crippen LogP contribution in [0.1, 0.15) is 0 Å². The van der Waals surface area contributed by atoms with Crippen LogP contribution in [0.15, 0.2) is 4.99 Å². The number of aliphatic imine (C=N–C) groups is 1. The van der Waals surface area contributed by atoms with Gasteiger partial charge < -0.3 is 10.6 Å². The first-order chi connectivity index (χ1) is 3.68. The summed E-state index contributed by atoms with van der Waals surface area (Å²) in [5.41, 5.74) is 5.04. The average molecular weight is 114 g/mol. The molecule has 8 heavy (non-hydrogen) atoms. The largest absolute Gasteiger partial charge is 0.370 e. The van der Waals surface area contributed by atoms with E-state index in [2.05, 4.69) is 4.99 Å². The number of rotatable bonds is 1. The quantitative estimate of drug-likeness (QED) is 0.355. The summed E-state index contributed by atoms with van der Waals surface area (Å²) in [6.07, 6.45) is 1.47. The van der Waals surface area contributed by atoms with Gasteiger partial charge in [-0.1, -0.05) is 0 Å². The van der Waals surface area contributed by atoms with Crippen LogP contribution in [-0.2, 0) is 0 Å². The molecule has 4 heteroatoms. The smallest absolute Gasteiger partial charge is 0.193 e. The van der Waals surface area contributed by atoms with E-state index in [0.717, 1.165) is 0 Å². The molecule has 0 radical (unpaired) electrons. The van der Waals surface area contributed by atoms with Gasteiger partial charge in [-0.05, 0) is 0 Å². The van der Waals surface area contributed by atoms with Crippen LogP contribution in [0, 0.1) is 5.41 Å². The maximum Gasteiger partial charge on any atom is 0.193 e. The van der Waals surface area contributed by atoms with Crippen molar-refractivity contribution < 1.29 is 0 Å². The number of nitrogens with one attached hydrogen (secondary N) is 1. The second kappa shape index (κ2) is 3.01.